The Morgan fingerprint density at radius 2 is 2.00 bits per heavy atom. The number of methoxy groups -OCH3 is 1. The van der Waals surface area contributed by atoms with Gasteiger partial charge in [-0.25, -0.2) is 0 Å². The van der Waals surface area contributed by atoms with Gasteiger partial charge in [-0.1, -0.05) is 43.7 Å². The number of benzene rings is 1. The van der Waals surface area contributed by atoms with Gasteiger partial charge in [0.1, 0.15) is 0 Å². The second-order valence-corrected chi connectivity index (χ2v) is 6.92. The molecule has 1 saturated carbocycles. The molecule has 1 aliphatic carbocycles. The zero-order valence-electron chi connectivity index (χ0n) is 14.2. The Morgan fingerprint density at radius 3 is 2.59 bits per heavy atom. The SMILES string of the molecule is COC(=O)C1(CC(C)C)CCCC1OCc1ccc(C)cc1. The predicted molar refractivity (Wildman–Crippen MR) is 87.5 cm³/mol. The van der Waals surface area contributed by atoms with Crippen LogP contribution in [0.4, 0.5) is 0 Å². The monoisotopic (exact) mass is 304 g/mol. The normalized spacial score (nSPS) is 24.7. The van der Waals surface area contributed by atoms with Crippen molar-refractivity contribution in [3.63, 3.8) is 0 Å². The number of rotatable bonds is 6. The molecule has 1 aliphatic rings. The van der Waals surface area contributed by atoms with E-state index < -0.39 is 5.41 Å². The number of hydrogen-bond acceptors (Lipinski definition) is 3. The lowest BCUT2D eigenvalue weighted by atomic mass is 9.76. The molecule has 0 aliphatic heterocycles. The summed E-state index contributed by atoms with van der Waals surface area (Å²) < 4.78 is 11.3. The Morgan fingerprint density at radius 1 is 1.32 bits per heavy atom. The van der Waals surface area contributed by atoms with Gasteiger partial charge in [0.05, 0.1) is 25.2 Å². The molecule has 0 heterocycles. The van der Waals surface area contributed by atoms with Gasteiger partial charge < -0.3 is 9.47 Å². The van der Waals surface area contributed by atoms with E-state index in [4.69, 9.17) is 9.47 Å². The van der Waals surface area contributed by atoms with Crippen LogP contribution in [0.2, 0.25) is 0 Å². The molecule has 0 bridgehead atoms. The zero-order valence-corrected chi connectivity index (χ0v) is 14.2. The lowest BCUT2D eigenvalue weighted by Gasteiger charge is -2.34. The van der Waals surface area contributed by atoms with Crippen molar-refractivity contribution in [2.45, 2.75) is 59.2 Å². The largest absolute Gasteiger partial charge is 0.469 e. The maximum atomic E-state index is 12.4. The van der Waals surface area contributed by atoms with Crippen molar-refractivity contribution in [3.8, 4) is 0 Å². The first kappa shape index (κ1) is 17.0. The molecule has 0 aromatic heterocycles. The molecule has 0 amide bonds. The molecule has 22 heavy (non-hydrogen) atoms. The molecular weight excluding hydrogens is 276 g/mol. The summed E-state index contributed by atoms with van der Waals surface area (Å²) in [5.41, 5.74) is 1.93. The van der Waals surface area contributed by atoms with Crippen molar-refractivity contribution < 1.29 is 14.3 Å². The molecular formula is C19H28O3. The zero-order chi connectivity index (χ0) is 16.2. The van der Waals surface area contributed by atoms with E-state index in [2.05, 4.69) is 45.0 Å². The van der Waals surface area contributed by atoms with E-state index >= 15 is 0 Å². The fraction of sp³-hybridized carbons (Fsp3) is 0.632. The third-order valence-electron chi connectivity index (χ3n) is 4.64. The minimum absolute atomic E-state index is 0.0383. The average Bonchev–Trinajstić information content (AvgIpc) is 2.89. The van der Waals surface area contributed by atoms with E-state index in [1.165, 1.54) is 12.7 Å². The highest BCUT2D eigenvalue weighted by Crippen LogP contribution is 2.46. The molecule has 0 spiro atoms. The first-order valence-corrected chi connectivity index (χ1v) is 8.23. The van der Waals surface area contributed by atoms with E-state index in [0.717, 1.165) is 31.2 Å². The highest BCUT2D eigenvalue weighted by Gasteiger charge is 2.50. The molecule has 3 nitrogen and oxygen atoms in total. The van der Waals surface area contributed by atoms with E-state index in [1.807, 2.05) is 0 Å². The van der Waals surface area contributed by atoms with Crippen LogP contribution in [0.1, 0.15) is 50.7 Å². The Balaban J connectivity index is 2.09. The van der Waals surface area contributed by atoms with Crippen molar-refractivity contribution in [2.75, 3.05) is 7.11 Å². The van der Waals surface area contributed by atoms with Crippen LogP contribution in [0.15, 0.2) is 24.3 Å². The van der Waals surface area contributed by atoms with Gasteiger partial charge in [-0.3, -0.25) is 4.79 Å². The maximum absolute atomic E-state index is 12.4. The van der Waals surface area contributed by atoms with Gasteiger partial charge in [0, 0.05) is 0 Å². The summed E-state index contributed by atoms with van der Waals surface area (Å²) in [5.74, 6) is 0.343. The number of aryl methyl sites for hydroxylation is 1. The highest BCUT2D eigenvalue weighted by atomic mass is 16.5. The van der Waals surface area contributed by atoms with Gasteiger partial charge >= 0.3 is 5.97 Å². The van der Waals surface area contributed by atoms with Gasteiger partial charge in [0.2, 0.25) is 0 Å². The second-order valence-electron chi connectivity index (χ2n) is 6.92. The summed E-state index contributed by atoms with van der Waals surface area (Å²) in [5, 5.41) is 0. The standard InChI is InChI=1S/C19H28O3/c1-14(2)12-19(18(20)21-4)11-5-6-17(19)22-13-16-9-7-15(3)8-10-16/h7-10,14,17H,5-6,11-13H2,1-4H3. The van der Waals surface area contributed by atoms with Gasteiger partial charge in [-0.05, 0) is 44.1 Å². The molecule has 3 heteroatoms. The number of ether oxygens (including phenoxy) is 2. The minimum Gasteiger partial charge on any atom is -0.469 e. The number of hydrogen-bond donors (Lipinski definition) is 0. The lowest BCUT2D eigenvalue weighted by molar-refractivity contribution is -0.163. The smallest absolute Gasteiger partial charge is 0.314 e. The molecule has 0 radical (unpaired) electrons. The lowest BCUT2D eigenvalue weighted by Crippen LogP contribution is -2.41. The van der Waals surface area contributed by atoms with Crippen molar-refractivity contribution in [1.29, 1.82) is 0 Å². The predicted octanol–water partition coefficient (Wildman–Crippen LogP) is 4.27. The summed E-state index contributed by atoms with van der Waals surface area (Å²) in [6.07, 6.45) is 3.63. The fourth-order valence-corrected chi connectivity index (χ4v) is 3.65. The van der Waals surface area contributed by atoms with Crippen LogP contribution < -0.4 is 0 Å². The Kier molecular flexibility index (Phi) is 5.63. The summed E-state index contributed by atoms with van der Waals surface area (Å²) in [4.78, 5) is 12.4. The number of carbonyl (C=O) groups is 1. The summed E-state index contributed by atoms with van der Waals surface area (Å²) in [6.45, 7) is 6.94. The fourth-order valence-electron chi connectivity index (χ4n) is 3.65. The molecule has 2 atom stereocenters. The van der Waals surface area contributed by atoms with E-state index in [1.54, 1.807) is 0 Å². The average molecular weight is 304 g/mol. The molecule has 1 aromatic carbocycles. The molecule has 0 saturated heterocycles. The van der Waals surface area contributed by atoms with Crippen LogP contribution in [0, 0.1) is 18.3 Å². The Hall–Kier alpha value is -1.35. The third-order valence-corrected chi connectivity index (χ3v) is 4.64. The molecule has 2 rings (SSSR count). The first-order chi connectivity index (χ1) is 10.5. The van der Waals surface area contributed by atoms with Crippen molar-refractivity contribution in [3.05, 3.63) is 35.4 Å². The van der Waals surface area contributed by atoms with Crippen LogP contribution in [-0.2, 0) is 20.9 Å². The Bertz CT molecular complexity index is 492. The maximum Gasteiger partial charge on any atom is 0.314 e. The van der Waals surface area contributed by atoms with Crippen LogP contribution in [0.3, 0.4) is 0 Å². The molecule has 122 valence electrons. The van der Waals surface area contributed by atoms with Crippen molar-refractivity contribution >= 4 is 5.97 Å². The molecule has 0 N–H and O–H groups in total. The van der Waals surface area contributed by atoms with Gasteiger partial charge in [-0.2, -0.15) is 0 Å². The number of carbonyl (C=O) groups excluding carboxylic acids is 1. The first-order valence-electron chi connectivity index (χ1n) is 8.23. The highest BCUT2D eigenvalue weighted by molar-refractivity contribution is 5.78. The van der Waals surface area contributed by atoms with Gasteiger partial charge in [-0.15, -0.1) is 0 Å². The second kappa shape index (κ2) is 7.28. The van der Waals surface area contributed by atoms with Crippen LogP contribution in [0.25, 0.3) is 0 Å². The van der Waals surface area contributed by atoms with Crippen molar-refractivity contribution in [2.24, 2.45) is 11.3 Å². The molecule has 1 aromatic rings. The summed E-state index contributed by atoms with van der Waals surface area (Å²) >= 11 is 0. The topological polar surface area (TPSA) is 35.5 Å². The van der Waals surface area contributed by atoms with Crippen LogP contribution in [0.5, 0.6) is 0 Å². The van der Waals surface area contributed by atoms with Crippen molar-refractivity contribution in [1.82, 2.24) is 0 Å². The van der Waals surface area contributed by atoms with Crippen LogP contribution in [-0.4, -0.2) is 19.2 Å². The van der Waals surface area contributed by atoms with E-state index in [0.29, 0.717) is 12.5 Å². The quantitative estimate of drug-likeness (QED) is 0.736. The van der Waals surface area contributed by atoms with E-state index in [-0.39, 0.29) is 12.1 Å². The third kappa shape index (κ3) is 3.70. The molecule has 1 fully saturated rings. The van der Waals surface area contributed by atoms with Gasteiger partial charge in [0.25, 0.3) is 0 Å². The van der Waals surface area contributed by atoms with Gasteiger partial charge in [0.15, 0.2) is 0 Å². The van der Waals surface area contributed by atoms with E-state index in [9.17, 15) is 4.79 Å². The summed E-state index contributed by atoms with van der Waals surface area (Å²) in [6, 6.07) is 8.36. The number of esters is 1. The Labute approximate surface area is 134 Å². The minimum atomic E-state index is -0.465. The van der Waals surface area contributed by atoms with Crippen LogP contribution >= 0.6 is 0 Å². The molecule has 2 unspecified atom stereocenters. The summed E-state index contributed by atoms with van der Waals surface area (Å²) in [7, 11) is 1.49.